The first-order valence-electron chi connectivity index (χ1n) is 18.6. The number of fused-ring (bicyclic) bond motifs is 1. The minimum absolute atomic E-state index is 0.0120. The van der Waals surface area contributed by atoms with E-state index in [-0.39, 0.29) is 17.4 Å². The van der Waals surface area contributed by atoms with E-state index in [9.17, 15) is 27.5 Å². The van der Waals surface area contributed by atoms with Gasteiger partial charge in [0.2, 0.25) is 5.91 Å². The molecule has 49 heavy (non-hydrogen) atoms. The molecule has 4 aliphatic rings. The average molecular weight is 708 g/mol. The molecule has 3 aliphatic heterocycles. The van der Waals surface area contributed by atoms with Gasteiger partial charge in [-0.25, -0.2) is 4.39 Å². The molecule has 6 rings (SSSR count). The highest BCUT2D eigenvalue weighted by Crippen LogP contribution is 2.40. The van der Waals surface area contributed by atoms with Crippen molar-refractivity contribution in [3.05, 3.63) is 35.0 Å². The quantitative estimate of drug-likeness (QED) is 0.189. The van der Waals surface area contributed by atoms with Crippen molar-refractivity contribution in [3.63, 3.8) is 0 Å². The number of amides is 1. The third kappa shape index (κ3) is 9.60. The number of nitrogens with zero attached hydrogens (tertiary/aromatic N) is 5. The summed E-state index contributed by atoms with van der Waals surface area (Å²) in [6, 6.07) is 4.25. The number of likely N-dealkylation sites (tertiary alicyclic amines) is 2. The van der Waals surface area contributed by atoms with E-state index in [2.05, 4.69) is 9.80 Å². The van der Waals surface area contributed by atoms with Gasteiger partial charge in [0.25, 0.3) is 0 Å². The molecule has 1 aliphatic carbocycles. The van der Waals surface area contributed by atoms with Crippen LogP contribution in [0, 0.1) is 11.8 Å². The van der Waals surface area contributed by atoms with Crippen molar-refractivity contribution in [3.8, 4) is 11.3 Å². The summed E-state index contributed by atoms with van der Waals surface area (Å²) in [7, 11) is 0. The van der Waals surface area contributed by atoms with E-state index in [0.29, 0.717) is 94.3 Å². The Balaban J connectivity index is 1.14. The number of halogens is 4. The molecular formula is C37H53F4N5O2S. The van der Waals surface area contributed by atoms with Gasteiger partial charge in [0.1, 0.15) is 6.17 Å². The molecule has 1 N–H and O–H groups in total. The van der Waals surface area contributed by atoms with Crippen LogP contribution in [0.25, 0.3) is 11.3 Å². The van der Waals surface area contributed by atoms with E-state index in [1.807, 2.05) is 9.58 Å². The summed E-state index contributed by atoms with van der Waals surface area (Å²) < 4.78 is 57.8. The number of carbonyl (C=O) groups is 1. The molecule has 1 aromatic heterocycles. The third-order valence-electron chi connectivity index (χ3n) is 11.2. The molecule has 0 unspecified atom stereocenters. The molecule has 2 aromatic rings. The maximum Gasteiger partial charge on any atom is 0.417 e. The Morgan fingerprint density at radius 2 is 1.65 bits per heavy atom. The number of benzene rings is 1. The number of thioether (sulfide) groups is 1. The van der Waals surface area contributed by atoms with Crippen LogP contribution in [0.15, 0.2) is 23.1 Å². The van der Waals surface area contributed by atoms with Crippen molar-refractivity contribution in [2.45, 2.75) is 107 Å². The molecule has 0 radical (unpaired) electrons. The Morgan fingerprint density at radius 1 is 0.918 bits per heavy atom. The molecule has 3 fully saturated rings. The second-order valence-electron chi connectivity index (χ2n) is 14.7. The zero-order chi connectivity index (χ0) is 34.4. The number of hydrogen-bond acceptors (Lipinski definition) is 6. The van der Waals surface area contributed by atoms with Crippen LogP contribution < -0.4 is 0 Å². The topological polar surface area (TPSA) is 64.8 Å². The zero-order valence-electron chi connectivity index (χ0n) is 28.7. The Hall–Kier alpha value is -2.15. The number of piperidine rings is 2. The number of carbonyl (C=O) groups excluding carboxylic acids is 1. The third-order valence-corrected chi connectivity index (χ3v) is 12.2. The lowest BCUT2D eigenvalue weighted by Crippen LogP contribution is -2.41. The van der Waals surface area contributed by atoms with Gasteiger partial charge in [-0.3, -0.25) is 9.48 Å². The van der Waals surface area contributed by atoms with Gasteiger partial charge in [0.15, 0.2) is 0 Å². The average Bonchev–Trinajstić information content (AvgIpc) is 3.47. The highest BCUT2D eigenvalue weighted by atomic mass is 32.2. The van der Waals surface area contributed by atoms with E-state index < -0.39 is 17.9 Å². The maximum absolute atomic E-state index is 14.1. The van der Waals surface area contributed by atoms with E-state index in [1.54, 1.807) is 6.07 Å². The molecule has 12 heteroatoms. The Bertz CT molecular complexity index is 1380. The molecule has 1 saturated carbocycles. The molecule has 1 amide bonds. The molecular weight excluding hydrogens is 654 g/mol. The maximum atomic E-state index is 14.1. The largest absolute Gasteiger partial charge is 0.417 e. The monoisotopic (exact) mass is 707 g/mol. The minimum Gasteiger partial charge on any atom is -0.396 e. The second-order valence-corrected chi connectivity index (χ2v) is 15.8. The number of aliphatic hydroxyl groups is 1. The van der Waals surface area contributed by atoms with Crippen molar-refractivity contribution in [2.24, 2.45) is 11.8 Å². The van der Waals surface area contributed by atoms with Crippen molar-refractivity contribution < 1.29 is 27.5 Å². The lowest BCUT2D eigenvalue weighted by atomic mass is 9.87. The van der Waals surface area contributed by atoms with Gasteiger partial charge >= 0.3 is 6.18 Å². The van der Waals surface area contributed by atoms with Gasteiger partial charge in [-0.05, 0) is 82.0 Å². The number of rotatable bonds is 12. The lowest BCUT2D eigenvalue weighted by molar-refractivity contribution is -0.139. The summed E-state index contributed by atoms with van der Waals surface area (Å²) in [6.45, 7) is 6.66. The van der Waals surface area contributed by atoms with Crippen LogP contribution in [0.3, 0.4) is 0 Å². The fourth-order valence-electron chi connectivity index (χ4n) is 8.26. The number of aliphatic hydroxyl groups excluding tert-OH is 1. The second kappa shape index (κ2) is 16.9. The molecule has 7 nitrogen and oxygen atoms in total. The molecule has 2 saturated heterocycles. The summed E-state index contributed by atoms with van der Waals surface area (Å²) >= 11 is 1.18. The predicted molar refractivity (Wildman–Crippen MR) is 185 cm³/mol. The van der Waals surface area contributed by atoms with Gasteiger partial charge in [0.05, 0.1) is 11.3 Å². The van der Waals surface area contributed by atoms with Gasteiger partial charge in [-0.2, -0.15) is 18.3 Å². The molecule has 0 atom stereocenters. The van der Waals surface area contributed by atoms with E-state index in [4.69, 9.17) is 5.10 Å². The van der Waals surface area contributed by atoms with Crippen LogP contribution in [0.2, 0.25) is 0 Å². The lowest BCUT2D eigenvalue weighted by Gasteiger charge is -2.36. The Labute approximate surface area is 292 Å². The van der Waals surface area contributed by atoms with Crippen molar-refractivity contribution in [1.29, 1.82) is 0 Å². The van der Waals surface area contributed by atoms with Gasteiger partial charge in [0, 0.05) is 92.7 Å². The summed E-state index contributed by atoms with van der Waals surface area (Å²) in [4.78, 5) is 20.5. The first kappa shape index (κ1) is 36.6. The Kier molecular flexibility index (Phi) is 12.6. The zero-order valence-corrected chi connectivity index (χ0v) is 29.6. The highest BCUT2D eigenvalue weighted by Gasteiger charge is 2.35. The number of alkyl halides is 4. The van der Waals surface area contributed by atoms with Crippen molar-refractivity contribution >= 4 is 17.7 Å². The minimum atomic E-state index is -4.50. The van der Waals surface area contributed by atoms with E-state index in [1.165, 1.54) is 56.5 Å². The van der Waals surface area contributed by atoms with Gasteiger partial charge < -0.3 is 19.8 Å². The van der Waals surface area contributed by atoms with Crippen LogP contribution in [0.5, 0.6) is 0 Å². The summed E-state index contributed by atoms with van der Waals surface area (Å²) in [5.74, 6) is 1.81. The SMILES string of the molecule is O=C(CC1CCN(CC2CCCCC2)CC1)N1CCc2c(c(-c3ccc(C(F)(F)F)c(SCCN4CCC(F)CC4)c3)nn2CCCO)C1. The molecule has 0 bridgehead atoms. The fraction of sp³-hybridized carbons (Fsp3) is 0.730. The number of aryl methyl sites for hydroxylation is 1. The van der Waals surface area contributed by atoms with Crippen LogP contribution in [-0.4, -0.2) is 99.8 Å². The molecule has 272 valence electrons. The van der Waals surface area contributed by atoms with Crippen LogP contribution >= 0.6 is 11.8 Å². The standard InChI is InChI=1S/C37H53F4N5O2S/c38-30-11-17-43(18-12-30)20-22-49-34-24-29(7-8-32(34)37(39,40)41)36-31-26-45(19-13-33(31)46(42-36)14-4-21-47)35(48)23-27-9-15-44(16-10-27)25-28-5-2-1-3-6-28/h7-8,24,27-28,30,47H,1-6,9-23,25-26H2. The summed E-state index contributed by atoms with van der Waals surface area (Å²) in [5, 5.41) is 14.4. The normalized spacial score (nSPS) is 21.0. The van der Waals surface area contributed by atoms with Crippen molar-refractivity contribution in [2.75, 3.05) is 58.2 Å². The summed E-state index contributed by atoms with van der Waals surface area (Å²) in [6.07, 6.45) is 6.20. The van der Waals surface area contributed by atoms with Crippen LogP contribution in [0.1, 0.15) is 87.4 Å². The van der Waals surface area contributed by atoms with Gasteiger partial charge in [-0.15, -0.1) is 11.8 Å². The van der Waals surface area contributed by atoms with Crippen molar-refractivity contribution in [1.82, 2.24) is 24.5 Å². The Morgan fingerprint density at radius 3 is 2.37 bits per heavy atom. The van der Waals surface area contributed by atoms with Gasteiger partial charge in [-0.1, -0.05) is 25.3 Å². The first-order chi connectivity index (χ1) is 23.7. The van der Waals surface area contributed by atoms with E-state index >= 15 is 0 Å². The molecule has 1 aromatic carbocycles. The molecule has 4 heterocycles. The molecule has 0 spiro atoms. The number of aromatic nitrogens is 2. The first-order valence-corrected chi connectivity index (χ1v) is 19.6. The van der Waals surface area contributed by atoms with Crippen LogP contribution in [-0.2, 0) is 30.5 Å². The fourth-order valence-corrected chi connectivity index (χ4v) is 9.38. The highest BCUT2D eigenvalue weighted by molar-refractivity contribution is 7.99. The summed E-state index contributed by atoms with van der Waals surface area (Å²) in [5.41, 5.74) is 2.44. The smallest absolute Gasteiger partial charge is 0.396 e. The number of hydrogen-bond donors (Lipinski definition) is 1. The van der Waals surface area contributed by atoms with E-state index in [0.717, 1.165) is 49.2 Å². The predicted octanol–water partition coefficient (Wildman–Crippen LogP) is 7.04. The van der Waals surface area contributed by atoms with Crippen LogP contribution in [0.4, 0.5) is 17.6 Å².